The van der Waals surface area contributed by atoms with Crippen LogP contribution in [0.25, 0.3) is 0 Å². The van der Waals surface area contributed by atoms with Crippen LogP contribution < -0.4 is 0 Å². The summed E-state index contributed by atoms with van der Waals surface area (Å²) in [6.07, 6.45) is 3.74. The quantitative estimate of drug-likeness (QED) is 0.394. The Bertz CT molecular complexity index is 112. The van der Waals surface area contributed by atoms with Gasteiger partial charge in [0.25, 0.3) is 0 Å². The van der Waals surface area contributed by atoms with Crippen LogP contribution in [0.1, 0.15) is 0 Å². The molecule has 0 aliphatic heterocycles. The van der Waals surface area contributed by atoms with Crippen molar-refractivity contribution >= 4 is 0 Å². The largest absolute Gasteiger partial charge is 0.207 e. The molecule has 0 nitrogen and oxygen atoms in total. The molecule has 0 aliphatic rings. The number of allylic oxidation sites excluding steroid dienone is 4. The van der Waals surface area contributed by atoms with Gasteiger partial charge in [-0.15, -0.1) is 13.2 Å². The third-order valence-electron chi connectivity index (χ3n) is 0.472. The first-order valence-electron chi connectivity index (χ1n) is 2.42. The average Bonchev–Trinajstić information content (AvgIpc) is 1.93. The second kappa shape index (κ2) is 10.00. The Labute approximate surface area is 55.7 Å². The zero-order chi connectivity index (χ0) is 7.70. The lowest BCUT2D eigenvalue weighted by atomic mass is 10.4. The first-order chi connectivity index (χ1) is 4.31. The normalized spacial score (nSPS) is 8.78. The van der Waals surface area contributed by atoms with E-state index in [0.29, 0.717) is 0 Å². The van der Waals surface area contributed by atoms with E-state index in [4.69, 9.17) is 0 Å². The van der Waals surface area contributed by atoms with Crippen molar-refractivity contribution in [3.8, 4) is 0 Å². The van der Waals surface area contributed by atoms with E-state index in [1.54, 1.807) is 0 Å². The van der Waals surface area contributed by atoms with Gasteiger partial charge in [0.05, 0.1) is 0 Å². The van der Waals surface area contributed by atoms with Crippen molar-refractivity contribution in [3.05, 3.63) is 50.4 Å². The zero-order valence-electron chi connectivity index (χ0n) is 5.44. The fourth-order valence-electron chi connectivity index (χ4n) is 0.181. The summed E-state index contributed by atoms with van der Waals surface area (Å²) in [4.78, 5) is 0. The van der Waals surface area contributed by atoms with Gasteiger partial charge in [0.2, 0.25) is 0 Å². The molecule has 0 unspecified atom stereocenters. The Morgan fingerprint density at radius 2 is 1.67 bits per heavy atom. The fraction of sp³-hybridized carbons (Fsp3) is 0. The molecule has 0 aromatic rings. The molecule has 0 aromatic heterocycles. The van der Waals surface area contributed by atoms with Crippen LogP contribution in [0.2, 0.25) is 0 Å². The highest BCUT2D eigenvalue weighted by Crippen LogP contribution is 1.94. The van der Waals surface area contributed by atoms with Gasteiger partial charge in [-0.25, -0.2) is 4.39 Å². The summed E-state index contributed by atoms with van der Waals surface area (Å²) in [6, 6.07) is 0. The molecule has 0 heterocycles. The maximum atomic E-state index is 11.8. The molecule has 0 aromatic carbocycles. The molecule has 0 fully saturated rings. The molecular formula is C8H11F. The highest BCUT2D eigenvalue weighted by molar-refractivity contribution is 5.13. The van der Waals surface area contributed by atoms with Crippen LogP contribution in [0.15, 0.2) is 50.4 Å². The summed E-state index contributed by atoms with van der Waals surface area (Å²) < 4.78 is 11.8. The number of hydrogen-bond donors (Lipinski definition) is 0. The Morgan fingerprint density at radius 1 is 1.22 bits per heavy atom. The van der Waals surface area contributed by atoms with Crippen molar-refractivity contribution < 1.29 is 4.39 Å². The predicted octanol–water partition coefficient (Wildman–Crippen LogP) is 3.01. The molecular weight excluding hydrogens is 115 g/mol. The van der Waals surface area contributed by atoms with Gasteiger partial charge in [-0.1, -0.05) is 19.2 Å². The van der Waals surface area contributed by atoms with E-state index in [1.165, 1.54) is 12.2 Å². The first kappa shape index (κ1) is 10.8. The van der Waals surface area contributed by atoms with Crippen molar-refractivity contribution in [2.24, 2.45) is 0 Å². The first-order valence-corrected chi connectivity index (χ1v) is 2.42. The van der Waals surface area contributed by atoms with Gasteiger partial charge in [-0.05, 0) is 12.2 Å². The van der Waals surface area contributed by atoms with Crippen molar-refractivity contribution in [1.82, 2.24) is 0 Å². The standard InChI is InChI=1S/C6H7F.C2H4/c1-3-5-6(7)4-2;1-2/h3-5H,1-2H2;1-2H2/b6-5+;. The molecule has 0 amide bonds. The predicted molar refractivity (Wildman–Crippen MR) is 40.8 cm³/mol. The van der Waals surface area contributed by atoms with Gasteiger partial charge < -0.3 is 0 Å². The van der Waals surface area contributed by atoms with Gasteiger partial charge in [0, 0.05) is 0 Å². The Balaban J connectivity index is 0. The average molecular weight is 126 g/mol. The van der Waals surface area contributed by atoms with E-state index in [0.717, 1.165) is 6.08 Å². The summed E-state index contributed by atoms with van der Waals surface area (Å²) >= 11 is 0. The third kappa shape index (κ3) is 10.9. The summed E-state index contributed by atoms with van der Waals surface area (Å²) in [5, 5.41) is 0. The highest BCUT2D eigenvalue weighted by Gasteiger charge is 1.75. The second-order valence-corrected chi connectivity index (χ2v) is 0.991. The molecule has 0 saturated heterocycles. The molecule has 50 valence electrons. The van der Waals surface area contributed by atoms with Crippen LogP contribution in [0, 0.1) is 0 Å². The summed E-state index contributed by atoms with van der Waals surface area (Å²) in [5.41, 5.74) is 0. The van der Waals surface area contributed by atoms with E-state index < -0.39 is 0 Å². The lowest BCUT2D eigenvalue weighted by Crippen LogP contribution is -1.55. The third-order valence-corrected chi connectivity index (χ3v) is 0.472. The van der Waals surface area contributed by atoms with Crippen molar-refractivity contribution in [2.75, 3.05) is 0 Å². The van der Waals surface area contributed by atoms with Gasteiger partial charge >= 0.3 is 0 Å². The van der Waals surface area contributed by atoms with E-state index in [1.807, 2.05) is 0 Å². The Morgan fingerprint density at radius 3 is 1.78 bits per heavy atom. The van der Waals surface area contributed by atoms with Crippen molar-refractivity contribution in [3.63, 3.8) is 0 Å². The lowest BCUT2D eigenvalue weighted by Gasteiger charge is -1.74. The van der Waals surface area contributed by atoms with E-state index in [2.05, 4.69) is 26.3 Å². The molecule has 0 aliphatic carbocycles. The fourth-order valence-corrected chi connectivity index (χ4v) is 0.181. The van der Waals surface area contributed by atoms with E-state index in [-0.39, 0.29) is 5.83 Å². The van der Waals surface area contributed by atoms with Crippen molar-refractivity contribution in [1.29, 1.82) is 0 Å². The summed E-state index contributed by atoms with van der Waals surface area (Å²) in [5.74, 6) is -0.352. The molecule has 0 radical (unpaired) electrons. The van der Waals surface area contributed by atoms with Crippen LogP contribution in [0.4, 0.5) is 4.39 Å². The summed E-state index contributed by atoms with van der Waals surface area (Å²) in [7, 11) is 0. The van der Waals surface area contributed by atoms with Gasteiger partial charge in [0.15, 0.2) is 0 Å². The molecule has 0 bridgehead atoms. The molecule has 0 N–H and O–H groups in total. The second-order valence-electron chi connectivity index (χ2n) is 0.991. The minimum absolute atomic E-state index is 0.352. The molecule has 0 atom stereocenters. The minimum atomic E-state index is -0.352. The smallest absolute Gasteiger partial charge is 0.122 e. The number of hydrogen-bond acceptors (Lipinski definition) is 0. The SMILES string of the molecule is C=C.C=C/C=C(/F)C=C. The Hall–Kier alpha value is -1.11. The Kier molecular flexibility index (Phi) is 12.0. The van der Waals surface area contributed by atoms with Crippen LogP contribution in [0.5, 0.6) is 0 Å². The molecule has 1 heteroatoms. The summed E-state index contributed by atoms with van der Waals surface area (Å²) in [6.45, 7) is 12.5. The van der Waals surface area contributed by atoms with Gasteiger partial charge in [0.1, 0.15) is 5.83 Å². The maximum absolute atomic E-state index is 11.8. The molecule has 9 heavy (non-hydrogen) atoms. The number of halogens is 1. The van der Waals surface area contributed by atoms with Crippen LogP contribution >= 0.6 is 0 Å². The maximum Gasteiger partial charge on any atom is 0.122 e. The molecule has 0 spiro atoms. The van der Waals surface area contributed by atoms with Gasteiger partial charge in [-0.3, -0.25) is 0 Å². The lowest BCUT2D eigenvalue weighted by molar-refractivity contribution is 0.668. The zero-order valence-corrected chi connectivity index (χ0v) is 5.44. The minimum Gasteiger partial charge on any atom is -0.207 e. The monoisotopic (exact) mass is 126 g/mol. The van der Waals surface area contributed by atoms with Gasteiger partial charge in [-0.2, -0.15) is 0 Å². The van der Waals surface area contributed by atoms with E-state index in [9.17, 15) is 4.39 Å². The molecule has 0 saturated carbocycles. The molecule has 0 rings (SSSR count). The van der Waals surface area contributed by atoms with Crippen molar-refractivity contribution in [2.45, 2.75) is 0 Å². The van der Waals surface area contributed by atoms with Crippen LogP contribution in [0.3, 0.4) is 0 Å². The van der Waals surface area contributed by atoms with Crippen LogP contribution in [-0.4, -0.2) is 0 Å². The van der Waals surface area contributed by atoms with Crippen LogP contribution in [-0.2, 0) is 0 Å². The number of rotatable bonds is 2. The topological polar surface area (TPSA) is 0 Å². The van der Waals surface area contributed by atoms with E-state index >= 15 is 0 Å². The highest BCUT2D eigenvalue weighted by atomic mass is 19.1.